The second-order valence-electron chi connectivity index (χ2n) is 5.37. The Labute approximate surface area is 116 Å². The maximum absolute atomic E-state index is 11.8. The molecule has 1 aromatic carbocycles. The molecule has 2 N–H and O–H groups in total. The molecule has 0 aliphatic heterocycles. The normalized spacial score (nSPS) is 12.1. The standard InChI is InChI=1S/C15H25N3O/c1-11(2)12(3)17-15(19)10-16-13-8-6-7-9-14(13)18(4)5/h6-9,11-12,16H,10H2,1-5H3,(H,17,19). The molecule has 0 bridgehead atoms. The minimum Gasteiger partial charge on any atom is -0.376 e. The summed E-state index contributed by atoms with van der Waals surface area (Å²) < 4.78 is 0. The summed E-state index contributed by atoms with van der Waals surface area (Å²) in [6.07, 6.45) is 0. The highest BCUT2D eigenvalue weighted by atomic mass is 16.1. The molecule has 0 spiro atoms. The number of benzene rings is 1. The molecule has 1 atom stereocenters. The molecule has 1 amide bonds. The van der Waals surface area contributed by atoms with E-state index in [9.17, 15) is 4.79 Å². The molecule has 1 aromatic rings. The lowest BCUT2D eigenvalue weighted by Crippen LogP contribution is -2.39. The first-order valence-electron chi connectivity index (χ1n) is 6.71. The summed E-state index contributed by atoms with van der Waals surface area (Å²) in [4.78, 5) is 13.8. The van der Waals surface area contributed by atoms with Gasteiger partial charge < -0.3 is 15.5 Å². The molecular formula is C15H25N3O. The van der Waals surface area contributed by atoms with Crippen LogP contribution in [0.4, 0.5) is 11.4 Å². The van der Waals surface area contributed by atoms with Crippen LogP contribution in [-0.4, -0.2) is 32.6 Å². The van der Waals surface area contributed by atoms with Crippen LogP contribution in [0.3, 0.4) is 0 Å². The molecule has 0 fully saturated rings. The molecule has 0 saturated heterocycles. The third kappa shape index (κ3) is 4.81. The predicted molar refractivity (Wildman–Crippen MR) is 81.7 cm³/mol. The lowest BCUT2D eigenvalue weighted by atomic mass is 10.1. The van der Waals surface area contributed by atoms with Crippen molar-refractivity contribution in [2.24, 2.45) is 5.92 Å². The fourth-order valence-electron chi connectivity index (χ4n) is 1.66. The van der Waals surface area contributed by atoms with Crippen molar-refractivity contribution in [3.63, 3.8) is 0 Å². The summed E-state index contributed by atoms with van der Waals surface area (Å²) in [6, 6.07) is 8.15. The summed E-state index contributed by atoms with van der Waals surface area (Å²) in [5.74, 6) is 0.466. The molecule has 0 saturated carbocycles. The fourth-order valence-corrected chi connectivity index (χ4v) is 1.66. The van der Waals surface area contributed by atoms with Crippen LogP contribution in [-0.2, 0) is 4.79 Å². The van der Waals surface area contributed by atoms with E-state index >= 15 is 0 Å². The Morgan fingerprint density at radius 2 is 1.84 bits per heavy atom. The van der Waals surface area contributed by atoms with Gasteiger partial charge in [0.2, 0.25) is 5.91 Å². The van der Waals surface area contributed by atoms with Crippen LogP contribution in [0.5, 0.6) is 0 Å². The third-order valence-corrected chi connectivity index (χ3v) is 3.21. The molecule has 106 valence electrons. The summed E-state index contributed by atoms with van der Waals surface area (Å²) >= 11 is 0. The number of nitrogens with one attached hydrogen (secondary N) is 2. The summed E-state index contributed by atoms with van der Waals surface area (Å²) in [5, 5.41) is 6.17. The molecular weight excluding hydrogens is 238 g/mol. The lowest BCUT2D eigenvalue weighted by molar-refractivity contribution is -0.120. The van der Waals surface area contributed by atoms with E-state index in [2.05, 4.69) is 24.5 Å². The van der Waals surface area contributed by atoms with Crippen LogP contribution >= 0.6 is 0 Å². The predicted octanol–water partition coefficient (Wildman–Crippen LogP) is 2.33. The van der Waals surface area contributed by atoms with E-state index in [4.69, 9.17) is 0 Å². The van der Waals surface area contributed by atoms with Gasteiger partial charge in [-0.3, -0.25) is 4.79 Å². The maximum Gasteiger partial charge on any atom is 0.239 e. The van der Waals surface area contributed by atoms with Crippen LogP contribution in [0, 0.1) is 5.92 Å². The Hall–Kier alpha value is -1.71. The monoisotopic (exact) mass is 263 g/mol. The fraction of sp³-hybridized carbons (Fsp3) is 0.533. The molecule has 19 heavy (non-hydrogen) atoms. The van der Waals surface area contributed by atoms with Crippen LogP contribution in [0.1, 0.15) is 20.8 Å². The molecule has 4 nitrogen and oxygen atoms in total. The van der Waals surface area contributed by atoms with Crippen molar-refractivity contribution in [1.82, 2.24) is 5.32 Å². The minimum atomic E-state index is 0.0229. The zero-order valence-corrected chi connectivity index (χ0v) is 12.5. The van der Waals surface area contributed by atoms with Crippen molar-refractivity contribution < 1.29 is 4.79 Å². The van der Waals surface area contributed by atoms with Crippen molar-refractivity contribution in [2.45, 2.75) is 26.8 Å². The number of anilines is 2. The number of nitrogens with zero attached hydrogens (tertiary/aromatic N) is 1. The largest absolute Gasteiger partial charge is 0.376 e. The zero-order valence-electron chi connectivity index (χ0n) is 12.5. The van der Waals surface area contributed by atoms with Gasteiger partial charge in [0, 0.05) is 20.1 Å². The quantitative estimate of drug-likeness (QED) is 0.828. The third-order valence-electron chi connectivity index (χ3n) is 3.21. The topological polar surface area (TPSA) is 44.4 Å². The van der Waals surface area contributed by atoms with Crippen LogP contribution in [0.25, 0.3) is 0 Å². The van der Waals surface area contributed by atoms with Gasteiger partial charge in [0.05, 0.1) is 17.9 Å². The number of rotatable bonds is 6. The maximum atomic E-state index is 11.8. The van der Waals surface area contributed by atoms with Crippen LogP contribution < -0.4 is 15.5 Å². The molecule has 0 aliphatic carbocycles. The Bertz CT molecular complexity index is 416. The minimum absolute atomic E-state index is 0.0229. The molecule has 0 aliphatic rings. The second-order valence-corrected chi connectivity index (χ2v) is 5.37. The molecule has 0 aromatic heterocycles. The highest BCUT2D eigenvalue weighted by molar-refractivity contribution is 5.82. The van der Waals surface area contributed by atoms with Gasteiger partial charge in [-0.05, 0) is 25.0 Å². The Morgan fingerprint density at radius 3 is 2.42 bits per heavy atom. The van der Waals surface area contributed by atoms with Crippen LogP contribution in [0.2, 0.25) is 0 Å². The van der Waals surface area contributed by atoms with Crippen molar-refractivity contribution in [3.8, 4) is 0 Å². The Morgan fingerprint density at radius 1 is 1.21 bits per heavy atom. The number of carbonyl (C=O) groups is 1. The number of hydrogen-bond acceptors (Lipinski definition) is 3. The van der Waals surface area contributed by atoms with E-state index in [0.29, 0.717) is 12.5 Å². The average molecular weight is 263 g/mol. The first-order valence-corrected chi connectivity index (χ1v) is 6.71. The average Bonchev–Trinajstić information content (AvgIpc) is 2.36. The van der Waals surface area contributed by atoms with Crippen molar-refractivity contribution in [3.05, 3.63) is 24.3 Å². The van der Waals surface area contributed by atoms with Gasteiger partial charge in [0.1, 0.15) is 0 Å². The number of para-hydroxylation sites is 2. The van der Waals surface area contributed by atoms with E-state index < -0.39 is 0 Å². The molecule has 0 radical (unpaired) electrons. The summed E-state index contributed by atoms with van der Waals surface area (Å²) in [7, 11) is 3.98. The van der Waals surface area contributed by atoms with Gasteiger partial charge in [-0.2, -0.15) is 0 Å². The van der Waals surface area contributed by atoms with E-state index in [0.717, 1.165) is 11.4 Å². The van der Waals surface area contributed by atoms with Gasteiger partial charge in [-0.15, -0.1) is 0 Å². The lowest BCUT2D eigenvalue weighted by Gasteiger charge is -2.20. The summed E-state index contributed by atoms with van der Waals surface area (Å²) in [6.45, 7) is 6.51. The van der Waals surface area contributed by atoms with Crippen molar-refractivity contribution in [1.29, 1.82) is 0 Å². The molecule has 4 heteroatoms. The van der Waals surface area contributed by atoms with E-state index in [1.165, 1.54) is 0 Å². The van der Waals surface area contributed by atoms with Gasteiger partial charge in [-0.1, -0.05) is 26.0 Å². The summed E-state index contributed by atoms with van der Waals surface area (Å²) in [5.41, 5.74) is 2.05. The van der Waals surface area contributed by atoms with Gasteiger partial charge >= 0.3 is 0 Å². The second kappa shape index (κ2) is 7.02. The highest BCUT2D eigenvalue weighted by Gasteiger charge is 2.11. The van der Waals surface area contributed by atoms with Crippen LogP contribution in [0.15, 0.2) is 24.3 Å². The SMILES string of the molecule is CC(C)C(C)NC(=O)CNc1ccccc1N(C)C. The van der Waals surface area contributed by atoms with Crippen molar-refractivity contribution >= 4 is 17.3 Å². The highest BCUT2D eigenvalue weighted by Crippen LogP contribution is 2.22. The van der Waals surface area contributed by atoms with Gasteiger partial charge in [0.15, 0.2) is 0 Å². The van der Waals surface area contributed by atoms with E-state index in [-0.39, 0.29) is 11.9 Å². The number of amides is 1. The zero-order chi connectivity index (χ0) is 14.4. The first kappa shape index (κ1) is 15.3. The molecule has 1 unspecified atom stereocenters. The van der Waals surface area contributed by atoms with E-state index in [1.54, 1.807) is 0 Å². The Balaban J connectivity index is 2.55. The smallest absolute Gasteiger partial charge is 0.239 e. The Kier molecular flexibility index (Phi) is 5.67. The number of carbonyl (C=O) groups excluding carboxylic acids is 1. The number of hydrogen-bond donors (Lipinski definition) is 2. The van der Waals surface area contributed by atoms with E-state index in [1.807, 2.05) is 50.2 Å². The molecule has 1 rings (SSSR count). The molecule has 0 heterocycles. The van der Waals surface area contributed by atoms with Crippen molar-refractivity contribution in [2.75, 3.05) is 30.9 Å². The van der Waals surface area contributed by atoms with Gasteiger partial charge in [-0.25, -0.2) is 0 Å². The first-order chi connectivity index (χ1) is 8.91. The van der Waals surface area contributed by atoms with Gasteiger partial charge in [0.25, 0.3) is 0 Å².